The fourth-order valence-electron chi connectivity index (χ4n) is 2.73. The molecule has 0 aliphatic heterocycles. The summed E-state index contributed by atoms with van der Waals surface area (Å²) in [6.07, 6.45) is 0. The quantitative estimate of drug-likeness (QED) is 0.750. The van der Waals surface area contributed by atoms with Crippen molar-refractivity contribution in [2.75, 3.05) is 0 Å². The van der Waals surface area contributed by atoms with Gasteiger partial charge in [-0.15, -0.1) is 0 Å². The van der Waals surface area contributed by atoms with Gasteiger partial charge >= 0.3 is 0 Å². The molecule has 0 bridgehead atoms. The van der Waals surface area contributed by atoms with Gasteiger partial charge in [-0.05, 0) is 45.4 Å². The molecule has 0 saturated heterocycles. The molecule has 24 heavy (non-hydrogen) atoms. The summed E-state index contributed by atoms with van der Waals surface area (Å²) in [4.78, 5) is 0.257. The van der Waals surface area contributed by atoms with Gasteiger partial charge in [-0.3, -0.25) is 4.68 Å². The number of sulfonamides is 1. The van der Waals surface area contributed by atoms with Gasteiger partial charge in [0.1, 0.15) is 15.9 Å². The van der Waals surface area contributed by atoms with Gasteiger partial charge in [0, 0.05) is 12.6 Å². The van der Waals surface area contributed by atoms with E-state index in [0.717, 1.165) is 28.3 Å². The second kappa shape index (κ2) is 6.23. The minimum absolute atomic E-state index is 0.104. The lowest BCUT2D eigenvalue weighted by molar-refractivity contribution is 0.514. The van der Waals surface area contributed by atoms with Crippen LogP contribution in [-0.2, 0) is 16.6 Å². The predicted octanol–water partition coefficient (Wildman–Crippen LogP) is 2.56. The monoisotopic (exact) mass is 365 g/mol. The number of hydrogen-bond acceptors (Lipinski definition) is 6. The Labute approximate surface area is 145 Å². The van der Waals surface area contributed by atoms with Crippen LogP contribution >= 0.6 is 11.7 Å². The van der Waals surface area contributed by atoms with Gasteiger partial charge in [0.15, 0.2) is 0 Å². The normalized spacial score (nSPS) is 12.4. The smallest absolute Gasteiger partial charge is 0.244 e. The first-order chi connectivity index (χ1) is 11.3. The van der Waals surface area contributed by atoms with Crippen molar-refractivity contribution in [3.63, 3.8) is 0 Å². The van der Waals surface area contributed by atoms with Gasteiger partial charge in [-0.25, -0.2) is 13.1 Å². The van der Waals surface area contributed by atoms with Crippen LogP contribution in [0.25, 0.3) is 11.0 Å². The molecule has 1 N–H and O–H groups in total. The Morgan fingerprint density at radius 2 is 1.92 bits per heavy atom. The molecule has 0 aliphatic carbocycles. The maximum Gasteiger partial charge on any atom is 0.244 e. The van der Waals surface area contributed by atoms with Gasteiger partial charge in [0.25, 0.3) is 0 Å². The van der Waals surface area contributed by atoms with E-state index in [1.807, 2.05) is 32.0 Å². The Morgan fingerprint density at radius 1 is 1.21 bits per heavy atom. The number of nitrogens with zero attached hydrogens (tertiary/aromatic N) is 4. The molecule has 0 atom stereocenters. The Morgan fingerprint density at radius 3 is 2.58 bits per heavy atom. The lowest BCUT2D eigenvalue weighted by Gasteiger charge is -2.10. The average molecular weight is 365 g/mol. The molecular formula is C15H19N5O2S2. The maximum absolute atomic E-state index is 12.7. The van der Waals surface area contributed by atoms with Crippen molar-refractivity contribution >= 4 is 32.8 Å². The van der Waals surface area contributed by atoms with E-state index in [9.17, 15) is 8.42 Å². The second-order valence-corrected chi connectivity index (χ2v) is 8.18. The highest BCUT2D eigenvalue weighted by Gasteiger charge is 2.25. The van der Waals surface area contributed by atoms with Crippen molar-refractivity contribution < 1.29 is 8.42 Å². The molecule has 2 heterocycles. The topological polar surface area (TPSA) is 89.8 Å². The van der Waals surface area contributed by atoms with Crippen molar-refractivity contribution in [2.24, 2.45) is 0 Å². The van der Waals surface area contributed by atoms with E-state index in [-0.39, 0.29) is 17.5 Å². The van der Waals surface area contributed by atoms with Crippen molar-refractivity contribution in [1.29, 1.82) is 0 Å². The molecular weight excluding hydrogens is 346 g/mol. The van der Waals surface area contributed by atoms with Gasteiger partial charge in [0.05, 0.1) is 23.1 Å². The lowest BCUT2D eigenvalue weighted by atomic mass is 10.2. The molecule has 128 valence electrons. The molecule has 0 unspecified atom stereocenters. The highest BCUT2D eigenvalue weighted by Crippen LogP contribution is 2.22. The number of fused-ring (bicyclic) bond motifs is 1. The summed E-state index contributed by atoms with van der Waals surface area (Å²) < 4.78 is 38.1. The molecule has 2 aromatic heterocycles. The van der Waals surface area contributed by atoms with Crippen LogP contribution in [0.15, 0.2) is 23.1 Å². The first kappa shape index (κ1) is 17.0. The number of aromatic nitrogens is 4. The molecule has 0 amide bonds. The lowest BCUT2D eigenvalue weighted by Crippen LogP contribution is -2.24. The predicted molar refractivity (Wildman–Crippen MR) is 93.5 cm³/mol. The summed E-state index contributed by atoms with van der Waals surface area (Å²) in [7, 11) is -3.64. The molecule has 0 saturated carbocycles. The summed E-state index contributed by atoms with van der Waals surface area (Å²) in [6.45, 7) is 7.64. The van der Waals surface area contributed by atoms with Crippen LogP contribution in [0.1, 0.15) is 36.8 Å². The van der Waals surface area contributed by atoms with E-state index >= 15 is 0 Å². The average Bonchev–Trinajstić information content (AvgIpc) is 3.09. The second-order valence-electron chi connectivity index (χ2n) is 5.95. The third-order valence-corrected chi connectivity index (χ3v) is 6.01. The summed E-state index contributed by atoms with van der Waals surface area (Å²) in [5.74, 6) is 0. The third-order valence-electron chi connectivity index (χ3n) is 3.80. The summed E-state index contributed by atoms with van der Waals surface area (Å²) in [6, 6.07) is 5.64. The van der Waals surface area contributed by atoms with Crippen molar-refractivity contribution in [1.82, 2.24) is 23.2 Å². The molecule has 3 rings (SSSR count). The Bertz CT molecular complexity index is 989. The van der Waals surface area contributed by atoms with Gasteiger partial charge in [-0.2, -0.15) is 13.8 Å². The zero-order valence-corrected chi connectivity index (χ0v) is 15.6. The molecule has 7 nitrogen and oxygen atoms in total. The van der Waals surface area contributed by atoms with E-state index in [1.54, 1.807) is 18.5 Å². The number of hydrogen-bond donors (Lipinski definition) is 1. The highest BCUT2D eigenvalue weighted by molar-refractivity contribution is 7.89. The Hall–Kier alpha value is -1.84. The zero-order chi connectivity index (χ0) is 17.5. The van der Waals surface area contributed by atoms with E-state index in [2.05, 4.69) is 18.6 Å². The number of aryl methyl sites for hydroxylation is 1. The Kier molecular flexibility index (Phi) is 4.41. The van der Waals surface area contributed by atoms with Gasteiger partial charge in [-0.1, -0.05) is 6.07 Å². The van der Waals surface area contributed by atoms with Crippen LogP contribution in [0.4, 0.5) is 0 Å². The number of benzene rings is 1. The summed E-state index contributed by atoms with van der Waals surface area (Å²) in [5, 5.41) is 4.35. The first-order valence-corrected chi connectivity index (χ1v) is 9.77. The standard InChI is InChI=1S/C15H19N5O2S2/c1-9(2)20-11(4)15(10(3)17-20)24(21,22)16-8-12-5-6-13-14(7-12)19-23-18-13/h5-7,9,16H,8H2,1-4H3. The fraction of sp³-hybridized carbons (Fsp3) is 0.400. The first-order valence-electron chi connectivity index (χ1n) is 7.56. The SMILES string of the molecule is Cc1nn(C(C)C)c(C)c1S(=O)(=O)NCc1ccc2nsnc2c1. The minimum Gasteiger partial charge on any atom is -0.266 e. The van der Waals surface area contributed by atoms with E-state index < -0.39 is 10.0 Å². The van der Waals surface area contributed by atoms with E-state index in [1.165, 1.54) is 0 Å². The molecule has 3 aromatic rings. The molecule has 0 radical (unpaired) electrons. The van der Waals surface area contributed by atoms with Gasteiger partial charge in [0.2, 0.25) is 10.0 Å². The van der Waals surface area contributed by atoms with Crippen LogP contribution in [0.3, 0.4) is 0 Å². The van der Waals surface area contributed by atoms with Crippen LogP contribution in [0.2, 0.25) is 0 Å². The molecule has 1 aromatic carbocycles. The van der Waals surface area contributed by atoms with E-state index in [4.69, 9.17) is 0 Å². The van der Waals surface area contributed by atoms with Crippen LogP contribution < -0.4 is 4.72 Å². The van der Waals surface area contributed by atoms with Crippen molar-refractivity contribution in [3.8, 4) is 0 Å². The highest BCUT2D eigenvalue weighted by atomic mass is 32.2. The van der Waals surface area contributed by atoms with Crippen LogP contribution in [0, 0.1) is 13.8 Å². The van der Waals surface area contributed by atoms with E-state index in [0.29, 0.717) is 11.4 Å². The van der Waals surface area contributed by atoms with Crippen LogP contribution in [-0.4, -0.2) is 26.9 Å². The minimum atomic E-state index is -3.64. The maximum atomic E-state index is 12.7. The Balaban J connectivity index is 1.86. The molecule has 0 spiro atoms. The fourth-order valence-corrected chi connectivity index (χ4v) is 4.66. The molecule has 0 aliphatic rings. The number of nitrogens with one attached hydrogen (secondary N) is 1. The number of rotatable bonds is 5. The van der Waals surface area contributed by atoms with Crippen molar-refractivity contribution in [2.45, 2.75) is 45.2 Å². The molecule has 0 fully saturated rings. The van der Waals surface area contributed by atoms with Crippen LogP contribution in [0.5, 0.6) is 0 Å². The summed E-state index contributed by atoms with van der Waals surface area (Å²) >= 11 is 1.14. The van der Waals surface area contributed by atoms with Gasteiger partial charge < -0.3 is 0 Å². The zero-order valence-electron chi connectivity index (χ0n) is 13.9. The summed E-state index contributed by atoms with van der Waals surface area (Å²) in [5.41, 5.74) is 3.58. The molecule has 9 heteroatoms. The van der Waals surface area contributed by atoms with Crippen molar-refractivity contribution in [3.05, 3.63) is 35.2 Å². The third kappa shape index (κ3) is 3.06. The largest absolute Gasteiger partial charge is 0.266 e.